The molecule has 1 N–H and O–H groups in total. The highest BCUT2D eigenvalue weighted by atomic mass is 16.4. The molecule has 1 amide bonds. The topological polar surface area (TPSA) is 75.4 Å². The third-order valence-corrected chi connectivity index (χ3v) is 3.35. The predicted octanol–water partition coefficient (Wildman–Crippen LogP) is 1.73. The third kappa shape index (κ3) is 3.10. The van der Waals surface area contributed by atoms with Gasteiger partial charge in [-0.05, 0) is 43.7 Å². The first-order valence-corrected chi connectivity index (χ1v) is 6.52. The van der Waals surface area contributed by atoms with E-state index in [4.69, 9.17) is 5.11 Å². The number of carbonyl (C=O) groups is 2. The lowest BCUT2D eigenvalue weighted by molar-refractivity contribution is -0.141. The number of rotatable bonds is 4. The minimum Gasteiger partial charge on any atom is -0.480 e. The number of aryl methyl sites for hydroxylation is 1. The van der Waals surface area contributed by atoms with Crippen LogP contribution in [0, 0.1) is 6.92 Å². The lowest BCUT2D eigenvalue weighted by atomic mass is 10.1. The van der Waals surface area contributed by atoms with Crippen molar-refractivity contribution in [2.24, 2.45) is 0 Å². The molecule has 0 aliphatic carbocycles. The van der Waals surface area contributed by atoms with E-state index in [1.165, 1.54) is 18.9 Å². The van der Waals surface area contributed by atoms with Gasteiger partial charge in [0.05, 0.1) is 11.9 Å². The quantitative estimate of drug-likeness (QED) is 0.929. The van der Waals surface area contributed by atoms with Crippen LogP contribution in [-0.2, 0) is 4.79 Å². The van der Waals surface area contributed by atoms with Crippen molar-refractivity contribution < 1.29 is 14.7 Å². The number of hydrogen-bond donors (Lipinski definition) is 1. The van der Waals surface area contributed by atoms with Gasteiger partial charge in [-0.1, -0.05) is 0 Å². The molecule has 1 heterocycles. The molecule has 1 unspecified atom stereocenters. The zero-order valence-electron chi connectivity index (χ0n) is 12.1. The molecule has 1 aromatic carbocycles. The van der Waals surface area contributed by atoms with E-state index < -0.39 is 12.0 Å². The second kappa shape index (κ2) is 5.78. The summed E-state index contributed by atoms with van der Waals surface area (Å²) < 4.78 is 1.72. The van der Waals surface area contributed by atoms with Crippen molar-refractivity contribution in [3.05, 3.63) is 47.8 Å². The fourth-order valence-electron chi connectivity index (χ4n) is 1.86. The number of carbonyl (C=O) groups excluding carboxylic acids is 1. The average molecular weight is 287 g/mol. The van der Waals surface area contributed by atoms with Crippen molar-refractivity contribution in [3.63, 3.8) is 0 Å². The van der Waals surface area contributed by atoms with Crippen LogP contribution < -0.4 is 0 Å². The molecule has 0 bridgehead atoms. The summed E-state index contributed by atoms with van der Waals surface area (Å²) >= 11 is 0. The van der Waals surface area contributed by atoms with Gasteiger partial charge < -0.3 is 10.0 Å². The van der Waals surface area contributed by atoms with E-state index in [9.17, 15) is 9.59 Å². The highest BCUT2D eigenvalue weighted by Crippen LogP contribution is 2.12. The number of benzene rings is 1. The predicted molar refractivity (Wildman–Crippen MR) is 77.5 cm³/mol. The van der Waals surface area contributed by atoms with E-state index in [-0.39, 0.29) is 5.91 Å². The Morgan fingerprint density at radius 1 is 1.29 bits per heavy atom. The zero-order valence-corrected chi connectivity index (χ0v) is 12.1. The number of hydrogen-bond acceptors (Lipinski definition) is 3. The molecule has 6 heteroatoms. The van der Waals surface area contributed by atoms with Gasteiger partial charge >= 0.3 is 5.97 Å². The molecule has 0 saturated heterocycles. The molecule has 0 radical (unpaired) electrons. The SMILES string of the molecule is Cc1cnn(-c2ccc(C(=O)N(C)C(C)C(=O)O)cc2)c1. The first-order chi connectivity index (χ1) is 9.90. The van der Waals surface area contributed by atoms with Gasteiger partial charge in [0, 0.05) is 18.8 Å². The molecular weight excluding hydrogens is 270 g/mol. The smallest absolute Gasteiger partial charge is 0.326 e. The summed E-state index contributed by atoms with van der Waals surface area (Å²) in [6.07, 6.45) is 3.64. The molecular formula is C15H17N3O3. The maximum absolute atomic E-state index is 12.2. The Kier molecular flexibility index (Phi) is 4.07. The van der Waals surface area contributed by atoms with Gasteiger partial charge in [0.15, 0.2) is 0 Å². The summed E-state index contributed by atoms with van der Waals surface area (Å²) in [6, 6.07) is 6.02. The second-order valence-corrected chi connectivity index (χ2v) is 4.94. The molecule has 0 aliphatic rings. The van der Waals surface area contributed by atoms with E-state index in [2.05, 4.69) is 5.10 Å². The monoisotopic (exact) mass is 287 g/mol. The van der Waals surface area contributed by atoms with Crippen molar-refractivity contribution in [1.82, 2.24) is 14.7 Å². The number of amides is 1. The average Bonchev–Trinajstić information content (AvgIpc) is 2.91. The molecule has 0 aliphatic heterocycles. The summed E-state index contributed by atoms with van der Waals surface area (Å²) in [5, 5.41) is 13.1. The lowest BCUT2D eigenvalue weighted by Gasteiger charge is -2.21. The number of nitrogens with zero attached hydrogens (tertiary/aromatic N) is 3. The molecule has 2 rings (SSSR count). The maximum atomic E-state index is 12.2. The van der Waals surface area contributed by atoms with Crippen LogP contribution >= 0.6 is 0 Å². The normalized spacial score (nSPS) is 12.0. The third-order valence-electron chi connectivity index (χ3n) is 3.35. The molecule has 2 aromatic rings. The Bertz CT molecular complexity index is 661. The number of likely N-dealkylation sites (N-methyl/N-ethyl adjacent to an activating group) is 1. The molecule has 21 heavy (non-hydrogen) atoms. The fraction of sp³-hybridized carbons (Fsp3) is 0.267. The van der Waals surface area contributed by atoms with Gasteiger partial charge in [0.2, 0.25) is 0 Å². The number of aromatic nitrogens is 2. The van der Waals surface area contributed by atoms with E-state index in [0.29, 0.717) is 5.56 Å². The van der Waals surface area contributed by atoms with Crippen LogP contribution in [-0.4, -0.2) is 44.8 Å². The zero-order chi connectivity index (χ0) is 15.6. The number of carboxylic acid groups (broad SMARTS) is 1. The molecule has 110 valence electrons. The van der Waals surface area contributed by atoms with Gasteiger partial charge in [-0.15, -0.1) is 0 Å². The van der Waals surface area contributed by atoms with Crippen LogP contribution in [0.15, 0.2) is 36.7 Å². The van der Waals surface area contributed by atoms with Gasteiger partial charge in [-0.3, -0.25) is 4.79 Å². The molecule has 1 atom stereocenters. The number of carboxylic acids is 1. The standard InChI is InChI=1S/C15H17N3O3/c1-10-8-16-18(9-10)13-6-4-12(5-7-13)14(19)17(3)11(2)15(20)21/h4-9,11H,1-3H3,(H,20,21). The van der Waals surface area contributed by atoms with Gasteiger partial charge in [-0.25, -0.2) is 9.48 Å². The van der Waals surface area contributed by atoms with Crippen molar-refractivity contribution in [2.75, 3.05) is 7.05 Å². The molecule has 0 spiro atoms. The molecule has 0 fully saturated rings. The van der Waals surface area contributed by atoms with E-state index in [1.54, 1.807) is 35.1 Å². The summed E-state index contributed by atoms with van der Waals surface area (Å²) in [5.74, 6) is -1.36. The van der Waals surface area contributed by atoms with Crippen LogP contribution in [0.5, 0.6) is 0 Å². The highest BCUT2D eigenvalue weighted by molar-refractivity contribution is 5.96. The summed E-state index contributed by atoms with van der Waals surface area (Å²) in [7, 11) is 1.48. The van der Waals surface area contributed by atoms with E-state index in [1.807, 2.05) is 13.1 Å². The van der Waals surface area contributed by atoms with Crippen molar-refractivity contribution in [1.29, 1.82) is 0 Å². The maximum Gasteiger partial charge on any atom is 0.326 e. The second-order valence-electron chi connectivity index (χ2n) is 4.94. The Labute approximate surface area is 122 Å². The largest absolute Gasteiger partial charge is 0.480 e. The molecule has 0 saturated carbocycles. The van der Waals surface area contributed by atoms with Crippen molar-refractivity contribution in [2.45, 2.75) is 19.9 Å². The first kappa shape index (κ1) is 14.8. The minimum absolute atomic E-state index is 0.326. The van der Waals surface area contributed by atoms with Gasteiger partial charge in [0.1, 0.15) is 6.04 Å². The summed E-state index contributed by atoms with van der Waals surface area (Å²) in [5.41, 5.74) is 2.33. The summed E-state index contributed by atoms with van der Waals surface area (Å²) in [4.78, 5) is 24.3. The minimum atomic E-state index is -1.03. The van der Waals surface area contributed by atoms with Gasteiger partial charge in [0.25, 0.3) is 5.91 Å². The van der Waals surface area contributed by atoms with E-state index >= 15 is 0 Å². The van der Waals surface area contributed by atoms with Crippen LogP contribution in [0.1, 0.15) is 22.8 Å². The van der Waals surface area contributed by atoms with Crippen molar-refractivity contribution >= 4 is 11.9 Å². The Morgan fingerprint density at radius 3 is 2.38 bits per heavy atom. The molecule has 6 nitrogen and oxygen atoms in total. The van der Waals surface area contributed by atoms with Crippen LogP contribution in [0.25, 0.3) is 5.69 Å². The highest BCUT2D eigenvalue weighted by Gasteiger charge is 2.22. The van der Waals surface area contributed by atoms with Crippen molar-refractivity contribution in [3.8, 4) is 5.69 Å². The Hall–Kier alpha value is -2.63. The van der Waals surface area contributed by atoms with Crippen LogP contribution in [0.2, 0.25) is 0 Å². The van der Waals surface area contributed by atoms with Gasteiger partial charge in [-0.2, -0.15) is 5.10 Å². The summed E-state index contributed by atoms with van der Waals surface area (Å²) in [6.45, 7) is 3.42. The Morgan fingerprint density at radius 2 is 1.90 bits per heavy atom. The number of aliphatic carboxylic acids is 1. The molecule has 1 aromatic heterocycles. The lowest BCUT2D eigenvalue weighted by Crippen LogP contribution is -2.40. The first-order valence-electron chi connectivity index (χ1n) is 6.52. The van der Waals surface area contributed by atoms with E-state index in [0.717, 1.165) is 11.3 Å². The fourth-order valence-corrected chi connectivity index (χ4v) is 1.86. The van der Waals surface area contributed by atoms with Crippen LogP contribution in [0.3, 0.4) is 0 Å². The Balaban J connectivity index is 2.19. The van der Waals surface area contributed by atoms with Crippen LogP contribution in [0.4, 0.5) is 0 Å².